The molecule has 1 aliphatic rings. The monoisotopic (exact) mass is 449 g/mol. The van der Waals surface area contributed by atoms with Gasteiger partial charge in [0, 0.05) is 35.9 Å². The average molecular weight is 450 g/mol. The van der Waals surface area contributed by atoms with Crippen molar-refractivity contribution >= 4 is 44.8 Å². The molecule has 0 radical (unpaired) electrons. The molecule has 30 heavy (non-hydrogen) atoms. The molecule has 0 saturated carbocycles. The van der Waals surface area contributed by atoms with E-state index < -0.39 is 15.9 Å². The molecule has 0 bridgehead atoms. The van der Waals surface area contributed by atoms with Crippen molar-refractivity contribution in [2.75, 3.05) is 23.3 Å². The van der Waals surface area contributed by atoms with Crippen LogP contribution < -0.4 is 14.9 Å². The van der Waals surface area contributed by atoms with Crippen LogP contribution in [0.1, 0.15) is 20.3 Å². The second kappa shape index (κ2) is 9.16. The topological polar surface area (TPSA) is 95.6 Å². The molecule has 2 aromatic carbocycles. The maximum atomic E-state index is 12.6. The van der Waals surface area contributed by atoms with Gasteiger partial charge in [-0.25, -0.2) is 13.1 Å². The van der Waals surface area contributed by atoms with Gasteiger partial charge in [-0.3, -0.25) is 9.59 Å². The van der Waals surface area contributed by atoms with E-state index in [0.717, 1.165) is 0 Å². The van der Waals surface area contributed by atoms with Gasteiger partial charge in [-0.2, -0.15) is 0 Å². The molecular weight excluding hydrogens is 426 g/mol. The number of hydrogen-bond donors (Lipinski definition) is 2. The Hall–Kier alpha value is -2.42. The molecular formula is C21H24ClN3O4S. The summed E-state index contributed by atoms with van der Waals surface area (Å²) in [6.07, 6.45) is 0.111. The fraction of sp³-hybridized carbons (Fsp3) is 0.333. The summed E-state index contributed by atoms with van der Waals surface area (Å²) in [6, 6.07) is 12.8. The molecule has 0 spiro atoms. The highest BCUT2D eigenvalue weighted by atomic mass is 35.5. The number of anilines is 2. The molecule has 2 aromatic rings. The Morgan fingerprint density at radius 2 is 1.77 bits per heavy atom. The Labute approximate surface area is 181 Å². The van der Waals surface area contributed by atoms with Gasteiger partial charge >= 0.3 is 0 Å². The third-order valence-corrected chi connectivity index (χ3v) is 6.44. The van der Waals surface area contributed by atoms with E-state index in [2.05, 4.69) is 10.0 Å². The normalized spacial score (nSPS) is 16.9. The van der Waals surface area contributed by atoms with Crippen LogP contribution in [0.2, 0.25) is 5.02 Å². The van der Waals surface area contributed by atoms with Gasteiger partial charge in [-0.05, 0) is 54.4 Å². The molecule has 1 aliphatic heterocycles. The molecule has 1 fully saturated rings. The first-order valence-corrected chi connectivity index (χ1v) is 11.5. The zero-order valence-corrected chi connectivity index (χ0v) is 18.3. The third-order valence-electron chi connectivity index (χ3n) is 4.75. The van der Waals surface area contributed by atoms with Crippen molar-refractivity contribution in [3.05, 3.63) is 53.6 Å². The number of carbonyl (C=O) groups is 2. The van der Waals surface area contributed by atoms with Crippen molar-refractivity contribution in [1.82, 2.24) is 4.72 Å². The third kappa shape index (κ3) is 5.38. The molecule has 9 heteroatoms. The van der Waals surface area contributed by atoms with E-state index in [0.29, 0.717) is 22.9 Å². The van der Waals surface area contributed by atoms with E-state index in [1.54, 1.807) is 29.2 Å². The Bertz CT molecular complexity index is 1020. The molecule has 3 rings (SSSR count). The number of benzene rings is 2. The van der Waals surface area contributed by atoms with E-state index in [-0.39, 0.29) is 35.6 Å². The van der Waals surface area contributed by atoms with Gasteiger partial charge in [0.1, 0.15) is 0 Å². The van der Waals surface area contributed by atoms with Crippen LogP contribution in [0, 0.1) is 11.8 Å². The molecule has 1 heterocycles. The summed E-state index contributed by atoms with van der Waals surface area (Å²) in [4.78, 5) is 26.6. The molecule has 2 amide bonds. The van der Waals surface area contributed by atoms with E-state index in [1.165, 1.54) is 24.3 Å². The van der Waals surface area contributed by atoms with Crippen molar-refractivity contribution in [1.29, 1.82) is 0 Å². The SMILES string of the molecule is CC(C)CNS(=O)(=O)c1ccc(NC(=O)C2CC(=O)N(c3ccc(Cl)cc3)C2)cc1. The first-order chi connectivity index (χ1) is 14.2. The molecule has 160 valence electrons. The molecule has 7 nitrogen and oxygen atoms in total. The quantitative estimate of drug-likeness (QED) is 0.678. The van der Waals surface area contributed by atoms with Crippen molar-refractivity contribution < 1.29 is 18.0 Å². The second-order valence-electron chi connectivity index (χ2n) is 7.64. The predicted molar refractivity (Wildman–Crippen MR) is 117 cm³/mol. The Morgan fingerprint density at radius 1 is 1.13 bits per heavy atom. The molecule has 0 aromatic heterocycles. The fourth-order valence-corrected chi connectivity index (χ4v) is 4.42. The molecule has 1 unspecified atom stereocenters. The summed E-state index contributed by atoms with van der Waals surface area (Å²) in [5.74, 6) is -0.715. The van der Waals surface area contributed by atoms with Gasteiger partial charge in [0.25, 0.3) is 0 Å². The lowest BCUT2D eigenvalue weighted by molar-refractivity contribution is -0.122. The highest BCUT2D eigenvalue weighted by Crippen LogP contribution is 2.27. The van der Waals surface area contributed by atoms with Crippen LogP contribution >= 0.6 is 11.6 Å². The number of amides is 2. The number of halogens is 1. The first-order valence-electron chi connectivity index (χ1n) is 9.62. The molecule has 0 aliphatic carbocycles. The van der Waals surface area contributed by atoms with Crippen molar-refractivity contribution in [2.24, 2.45) is 11.8 Å². The zero-order valence-electron chi connectivity index (χ0n) is 16.8. The number of sulfonamides is 1. The summed E-state index contributed by atoms with van der Waals surface area (Å²) in [6.45, 7) is 4.46. The van der Waals surface area contributed by atoms with Gasteiger partial charge in [0.15, 0.2) is 0 Å². The van der Waals surface area contributed by atoms with Gasteiger partial charge < -0.3 is 10.2 Å². The van der Waals surface area contributed by atoms with Crippen LogP contribution in [0.4, 0.5) is 11.4 Å². The molecule has 1 atom stereocenters. The number of rotatable bonds is 7. The largest absolute Gasteiger partial charge is 0.326 e. The summed E-state index contributed by atoms with van der Waals surface area (Å²) < 4.78 is 27.1. The van der Waals surface area contributed by atoms with E-state index in [9.17, 15) is 18.0 Å². The maximum Gasteiger partial charge on any atom is 0.240 e. The Morgan fingerprint density at radius 3 is 2.37 bits per heavy atom. The van der Waals surface area contributed by atoms with Gasteiger partial charge in [0.05, 0.1) is 10.8 Å². The van der Waals surface area contributed by atoms with Crippen LogP contribution in [0.25, 0.3) is 0 Å². The number of carbonyl (C=O) groups excluding carboxylic acids is 2. The minimum Gasteiger partial charge on any atom is -0.326 e. The number of nitrogens with zero attached hydrogens (tertiary/aromatic N) is 1. The van der Waals surface area contributed by atoms with Gasteiger partial charge in [0.2, 0.25) is 21.8 Å². The van der Waals surface area contributed by atoms with Crippen molar-refractivity contribution in [2.45, 2.75) is 25.2 Å². The van der Waals surface area contributed by atoms with E-state index >= 15 is 0 Å². The standard InChI is InChI=1S/C21H24ClN3O4S/c1-14(2)12-23-30(28,29)19-9-5-17(6-10-19)24-21(27)15-11-20(26)25(13-15)18-7-3-16(22)4-8-18/h3-10,14-15,23H,11-13H2,1-2H3,(H,24,27). The van der Waals surface area contributed by atoms with Crippen LogP contribution in [0.5, 0.6) is 0 Å². The van der Waals surface area contributed by atoms with Gasteiger partial charge in [-0.1, -0.05) is 25.4 Å². The van der Waals surface area contributed by atoms with Crippen LogP contribution in [-0.2, 0) is 19.6 Å². The summed E-state index contributed by atoms with van der Waals surface area (Å²) >= 11 is 5.89. The number of hydrogen-bond acceptors (Lipinski definition) is 4. The predicted octanol–water partition coefficient (Wildman–Crippen LogP) is 3.27. The lowest BCUT2D eigenvalue weighted by Gasteiger charge is -2.17. The summed E-state index contributed by atoms with van der Waals surface area (Å²) in [5, 5.41) is 3.33. The summed E-state index contributed by atoms with van der Waals surface area (Å²) in [7, 11) is -3.59. The highest BCUT2D eigenvalue weighted by Gasteiger charge is 2.35. The lowest BCUT2D eigenvalue weighted by Crippen LogP contribution is -2.28. The second-order valence-corrected chi connectivity index (χ2v) is 9.84. The molecule has 2 N–H and O–H groups in total. The van der Waals surface area contributed by atoms with Crippen molar-refractivity contribution in [3.63, 3.8) is 0 Å². The highest BCUT2D eigenvalue weighted by molar-refractivity contribution is 7.89. The van der Waals surface area contributed by atoms with Crippen molar-refractivity contribution in [3.8, 4) is 0 Å². The Kier molecular flexibility index (Phi) is 6.80. The van der Waals surface area contributed by atoms with Gasteiger partial charge in [-0.15, -0.1) is 0 Å². The van der Waals surface area contributed by atoms with Crippen LogP contribution in [-0.4, -0.2) is 33.3 Å². The average Bonchev–Trinajstić information content (AvgIpc) is 3.09. The number of nitrogens with one attached hydrogen (secondary N) is 2. The minimum atomic E-state index is -3.59. The maximum absolute atomic E-state index is 12.6. The van der Waals surface area contributed by atoms with Crippen LogP contribution in [0.15, 0.2) is 53.4 Å². The van der Waals surface area contributed by atoms with E-state index in [1.807, 2.05) is 13.8 Å². The zero-order chi connectivity index (χ0) is 21.9. The van der Waals surface area contributed by atoms with E-state index in [4.69, 9.17) is 11.6 Å². The summed E-state index contributed by atoms with van der Waals surface area (Å²) in [5.41, 5.74) is 1.17. The molecule has 1 saturated heterocycles. The minimum absolute atomic E-state index is 0.111. The first kappa shape index (κ1) is 22.3. The lowest BCUT2D eigenvalue weighted by atomic mass is 10.1. The fourth-order valence-electron chi connectivity index (χ4n) is 3.08. The Balaban J connectivity index is 1.62. The van der Waals surface area contributed by atoms with Crippen LogP contribution in [0.3, 0.4) is 0 Å². The smallest absolute Gasteiger partial charge is 0.240 e.